The highest BCUT2D eigenvalue weighted by atomic mass is 31.2. The zero-order chi connectivity index (χ0) is 11.6. The van der Waals surface area contributed by atoms with Crippen molar-refractivity contribution in [2.45, 2.75) is 6.10 Å². The number of amides is 1. The fourth-order valence-electron chi connectivity index (χ4n) is 1.19. The van der Waals surface area contributed by atoms with Crippen LogP contribution >= 0.6 is 7.14 Å². The zero-order valence-corrected chi connectivity index (χ0v) is 9.57. The third-order valence-corrected chi connectivity index (χ3v) is 3.60. The Labute approximate surface area is 88.5 Å². The van der Waals surface area contributed by atoms with Crippen molar-refractivity contribution in [3.63, 3.8) is 0 Å². The molecule has 82 valence electrons. The smallest absolute Gasteiger partial charge is 0.250 e. The topological polar surface area (TPSA) is 80.4 Å². The molecule has 0 aliphatic carbocycles. The molecule has 0 aromatic heterocycles. The lowest BCUT2D eigenvalue weighted by molar-refractivity contribution is -0.126. The molecule has 1 unspecified atom stereocenters. The summed E-state index contributed by atoms with van der Waals surface area (Å²) < 4.78 is 11.8. The van der Waals surface area contributed by atoms with E-state index in [-0.39, 0.29) is 0 Å². The Morgan fingerprint density at radius 2 is 2.07 bits per heavy atom. The van der Waals surface area contributed by atoms with Gasteiger partial charge < -0.3 is 15.4 Å². The number of carbonyl (C=O) groups excluding carboxylic acids is 1. The Morgan fingerprint density at radius 3 is 2.53 bits per heavy atom. The zero-order valence-electron chi connectivity index (χ0n) is 8.68. The summed E-state index contributed by atoms with van der Waals surface area (Å²) in [7, 11) is -2.38. The summed E-state index contributed by atoms with van der Waals surface area (Å²) >= 11 is 0. The second-order valence-electron chi connectivity index (χ2n) is 3.75. The Balaban J connectivity index is 3.14. The Bertz CT molecular complexity index is 424. The lowest BCUT2D eigenvalue weighted by Gasteiger charge is -2.11. The van der Waals surface area contributed by atoms with Crippen LogP contribution in [0.1, 0.15) is 11.7 Å². The monoisotopic (exact) mass is 227 g/mol. The van der Waals surface area contributed by atoms with Gasteiger partial charge in [0.15, 0.2) is 6.10 Å². The van der Waals surface area contributed by atoms with Gasteiger partial charge in [0.05, 0.1) is 0 Å². The summed E-state index contributed by atoms with van der Waals surface area (Å²) in [6.07, 6.45) is -1.34. The summed E-state index contributed by atoms with van der Waals surface area (Å²) in [5.74, 6) is -0.811. The van der Waals surface area contributed by atoms with Crippen molar-refractivity contribution in [1.82, 2.24) is 0 Å². The van der Waals surface area contributed by atoms with Gasteiger partial charge in [-0.25, -0.2) is 0 Å². The Kier molecular flexibility index (Phi) is 3.32. The number of hydrogen-bond donors (Lipinski definition) is 2. The molecule has 5 heteroatoms. The van der Waals surface area contributed by atoms with Gasteiger partial charge in [-0.3, -0.25) is 4.79 Å². The lowest BCUT2D eigenvalue weighted by atomic mass is 10.1. The molecule has 0 saturated heterocycles. The number of nitrogens with two attached hydrogens (primary N) is 1. The van der Waals surface area contributed by atoms with E-state index in [4.69, 9.17) is 5.73 Å². The second kappa shape index (κ2) is 4.17. The molecule has 0 heterocycles. The SMILES string of the molecule is CP(C)(=O)c1cccc(C(O)C(N)=O)c1. The highest BCUT2D eigenvalue weighted by Crippen LogP contribution is 2.34. The van der Waals surface area contributed by atoms with Crippen LogP contribution in [0.5, 0.6) is 0 Å². The number of aliphatic hydroxyl groups is 1. The maximum atomic E-state index is 11.8. The van der Waals surface area contributed by atoms with E-state index in [9.17, 15) is 14.5 Å². The molecule has 1 amide bonds. The fraction of sp³-hybridized carbons (Fsp3) is 0.300. The van der Waals surface area contributed by atoms with Crippen molar-refractivity contribution in [3.8, 4) is 0 Å². The minimum absolute atomic E-state index is 0.379. The van der Waals surface area contributed by atoms with E-state index >= 15 is 0 Å². The summed E-state index contributed by atoms with van der Waals surface area (Å²) in [5, 5.41) is 10.0. The van der Waals surface area contributed by atoms with Crippen LogP contribution in [0.4, 0.5) is 0 Å². The maximum Gasteiger partial charge on any atom is 0.250 e. The number of benzene rings is 1. The van der Waals surface area contributed by atoms with Gasteiger partial charge in [0.2, 0.25) is 0 Å². The normalized spacial score (nSPS) is 13.5. The minimum atomic E-state index is -2.38. The first-order valence-corrected chi connectivity index (χ1v) is 7.05. The van der Waals surface area contributed by atoms with Crippen LogP contribution in [0.15, 0.2) is 24.3 Å². The van der Waals surface area contributed by atoms with E-state index in [1.807, 2.05) is 0 Å². The lowest BCUT2D eigenvalue weighted by Crippen LogP contribution is -2.21. The average molecular weight is 227 g/mol. The molecular weight excluding hydrogens is 213 g/mol. The van der Waals surface area contributed by atoms with Crippen LogP contribution in [0.3, 0.4) is 0 Å². The van der Waals surface area contributed by atoms with Crippen LogP contribution in [-0.2, 0) is 9.36 Å². The predicted octanol–water partition coefficient (Wildman–Crippen LogP) is 0.453. The number of aliphatic hydroxyl groups excluding tert-OH is 1. The molecule has 3 N–H and O–H groups in total. The fourth-order valence-corrected chi connectivity index (χ4v) is 2.10. The first-order chi connectivity index (χ1) is 6.82. The molecule has 0 aliphatic rings. The van der Waals surface area contributed by atoms with Crippen molar-refractivity contribution in [1.29, 1.82) is 0 Å². The molecule has 4 nitrogen and oxygen atoms in total. The van der Waals surface area contributed by atoms with Crippen molar-refractivity contribution in [3.05, 3.63) is 29.8 Å². The maximum absolute atomic E-state index is 11.8. The van der Waals surface area contributed by atoms with Gasteiger partial charge >= 0.3 is 0 Å². The highest BCUT2D eigenvalue weighted by Gasteiger charge is 2.17. The van der Waals surface area contributed by atoms with Gasteiger partial charge in [0.25, 0.3) is 5.91 Å². The standard InChI is InChI=1S/C10H14NO3P/c1-15(2,14)8-5-3-4-7(6-8)9(12)10(11)13/h3-6,9,12H,1-2H3,(H2,11,13). The van der Waals surface area contributed by atoms with Crippen molar-refractivity contribution in [2.24, 2.45) is 5.73 Å². The van der Waals surface area contributed by atoms with Crippen LogP contribution in [0.25, 0.3) is 0 Å². The largest absolute Gasteiger partial charge is 0.378 e. The van der Waals surface area contributed by atoms with Crippen LogP contribution < -0.4 is 11.0 Å². The highest BCUT2D eigenvalue weighted by molar-refractivity contribution is 7.70. The molecule has 0 spiro atoms. The average Bonchev–Trinajstić information content (AvgIpc) is 2.15. The van der Waals surface area contributed by atoms with E-state index in [1.165, 1.54) is 0 Å². The van der Waals surface area contributed by atoms with E-state index in [2.05, 4.69) is 0 Å². The van der Waals surface area contributed by atoms with E-state index in [0.29, 0.717) is 10.9 Å². The summed E-state index contributed by atoms with van der Waals surface area (Å²) in [5.41, 5.74) is 5.35. The van der Waals surface area contributed by atoms with Gasteiger partial charge in [-0.15, -0.1) is 0 Å². The van der Waals surface area contributed by atoms with Crippen LogP contribution in [0.2, 0.25) is 0 Å². The molecule has 0 aliphatic heterocycles. The molecule has 1 atom stereocenters. The molecule has 0 radical (unpaired) electrons. The van der Waals surface area contributed by atoms with E-state index in [1.54, 1.807) is 37.6 Å². The second-order valence-corrected chi connectivity index (χ2v) is 6.97. The first kappa shape index (κ1) is 12.0. The third-order valence-electron chi connectivity index (χ3n) is 2.08. The molecule has 0 saturated carbocycles. The molecule has 1 rings (SSSR count). The first-order valence-electron chi connectivity index (χ1n) is 4.45. The molecule has 15 heavy (non-hydrogen) atoms. The van der Waals surface area contributed by atoms with Gasteiger partial charge in [-0.05, 0) is 25.0 Å². The third kappa shape index (κ3) is 2.91. The van der Waals surface area contributed by atoms with Gasteiger partial charge in [0.1, 0.15) is 7.14 Å². The minimum Gasteiger partial charge on any atom is -0.378 e. The van der Waals surface area contributed by atoms with Crippen molar-refractivity contribution >= 4 is 18.4 Å². The van der Waals surface area contributed by atoms with Gasteiger partial charge in [-0.1, -0.05) is 18.2 Å². The number of hydrogen-bond acceptors (Lipinski definition) is 3. The number of rotatable bonds is 3. The molecular formula is C10H14NO3P. The molecule has 0 fully saturated rings. The number of carbonyl (C=O) groups is 1. The number of primary amides is 1. The van der Waals surface area contributed by atoms with E-state index < -0.39 is 19.2 Å². The van der Waals surface area contributed by atoms with Crippen molar-refractivity contribution < 1.29 is 14.5 Å². The van der Waals surface area contributed by atoms with Gasteiger partial charge in [0, 0.05) is 5.30 Å². The molecule has 1 aromatic carbocycles. The van der Waals surface area contributed by atoms with Crippen molar-refractivity contribution in [2.75, 3.05) is 13.3 Å². The Morgan fingerprint density at radius 1 is 1.47 bits per heavy atom. The summed E-state index contributed by atoms with van der Waals surface area (Å²) in [6.45, 7) is 3.26. The van der Waals surface area contributed by atoms with E-state index in [0.717, 1.165) is 0 Å². The molecule has 0 bridgehead atoms. The quantitative estimate of drug-likeness (QED) is 0.736. The van der Waals surface area contributed by atoms with Gasteiger partial charge in [-0.2, -0.15) is 0 Å². The predicted molar refractivity (Wildman–Crippen MR) is 59.7 cm³/mol. The van der Waals surface area contributed by atoms with Crippen LogP contribution in [0, 0.1) is 0 Å². The summed E-state index contributed by atoms with van der Waals surface area (Å²) in [6, 6.07) is 6.49. The summed E-state index contributed by atoms with van der Waals surface area (Å²) in [4.78, 5) is 10.8. The molecule has 1 aromatic rings. The Hall–Kier alpha value is -1.12. The van der Waals surface area contributed by atoms with Crippen LogP contribution in [-0.4, -0.2) is 24.3 Å².